The largest absolute Gasteiger partial charge is 0.379 e. The molecule has 2 atom stereocenters. The van der Waals surface area contributed by atoms with E-state index in [-0.39, 0.29) is 49.4 Å². The summed E-state index contributed by atoms with van der Waals surface area (Å²) in [5, 5.41) is 15.5. The first-order valence-corrected chi connectivity index (χ1v) is 18.9. The summed E-state index contributed by atoms with van der Waals surface area (Å²) in [4.78, 5) is 71.6. The van der Waals surface area contributed by atoms with Gasteiger partial charge in [-0.2, -0.15) is 0 Å². The minimum absolute atomic E-state index is 0.0553. The van der Waals surface area contributed by atoms with Gasteiger partial charge in [0.15, 0.2) is 5.82 Å². The van der Waals surface area contributed by atoms with E-state index in [1.165, 1.54) is 11.8 Å². The SMILES string of the molecule is Cc1sc2c(c1C)C(c1ccc(Cl)cc1)=N[C@@H](CC(=O)NCCOCCSc1cccc3c1C(=O)N(C1CCC(=O)NC1=O)C3=O)c1nnc(C)n1-2. The maximum atomic E-state index is 13.3. The molecule has 2 aromatic heterocycles. The highest BCUT2D eigenvalue weighted by Crippen LogP contribution is 2.40. The van der Waals surface area contributed by atoms with Crippen LogP contribution in [0.25, 0.3) is 5.00 Å². The van der Waals surface area contributed by atoms with Crippen molar-refractivity contribution in [3.05, 3.63) is 91.8 Å². The van der Waals surface area contributed by atoms with E-state index in [1.54, 1.807) is 29.5 Å². The van der Waals surface area contributed by atoms with Crippen LogP contribution in [0.3, 0.4) is 0 Å². The number of aliphatic imine (C=N–C) groups is 1. The molecule has 16 heteroatoms. The van der Waals surface area contributed by atoms with Gasteiger partial charge < -0.3 is 10.1 Å². The van der Waals surface area contributed by atoms with Crippen LogP contribution in [0.15, 0.2) is 52.4 Å². The monoisotopic (exact) mass is 759 g/mol. The van der Waals surface area contributed by atoms with Gasteiger partial charge in [0.1, 0.15) is 22.9 Å². The van der Waals surface area contributed by atoms with Crippen molar-refractivity contribution in [1.82, 2.24) is 30.3 Å². The number of aromatic nitrogens is 3. The molecule has 0 radical (unpaired) electrons. The van der Waals surface area contributed by atoms with Crippen LogP contribution in [0.1, 0.15) is 79.2 Å². The van der Waals surface area contributed by atoms with Crippen molar-refractivity contribution in [2.24, 2.45) is 4.99 Å². The molecular formula is C36H34ClN7O6S2. The number of fused-ring (bicyclic) bond motifs is 4. The summed E-state index contributed by atoms with van der Waals surface area (Å²) in [6, 6.07) is 10.9. The second kappa shape index (κ2) is 14.7. The number of carbonyl (C=O) groups excluding carboxylic acids is 5. The van der Waals surface area contributed by atoms with Gasteiger partial charge >= 0.3 is 0 Å². The summed E-state index contributed by atoms with van der Waals surface area (Å²) in [6.45, 7) is 6.90. The zero-order valence-corrected chi connectivity index (χ0v) is 30.9. The highest BCUT2D eigenvalue weighted by atomic mass is 35.5. The number of benzene rings is 2. The maximum Gasteiger partial charge on any atom is 0.263 e. The number of hydrogen-bond acceptors (Lipinski definition) is 11. The highest BCUT2D eigenvalue weighted by molar-refractivity contribution is 7.99. The third-order valence-corrected chi connectivity index (χ3v) is 11.7. The number of thioether (sulfide) groups is 1. The fraction of sp³-hybridized carbons (Fsp3) is 0.333. The Balaban J connectivity index is 0.948. The van der Waals surface area contributed by atoms with E-state index in [0.717, 1.165) is 37.2 Å². The minimum atomic E-state index is -1.02. The summed E-state index contributed by atoms with van der Waals surface area (Å²) >= 11 is 9.21. The Morgan fingerprint density at radius 2 is 1.83 bits per heavy atom. The third kappa shape index (κ3) is 6.69. The number of ether oxygens (including phenoxy) is 1. The zero-order valence-electron chi connectivity index (χ0n) is 28.5. The molecule has 2 aromatic carbocycles. The smallest absolute Gasteiger partial charge is 0.263 e. The summed E-state index contributed by atoms with van der Waals surface area (Å²) in [7, 11) is 0. The number of piperidine rings is 1. The number of nitrogens with zero attached hydrogens (tertiary/aromatic N) is 5. The topological polar surface area (TPSA) is 165 Å². The van der Waals surface area contributed by atoms with Gasteiger partial charge in [-0.15, -0.1) is 33.3 Å². The van der Waals surface area contributed by atoms with E-state index >= 15 is 0 Å². The van der Waals surface area contributed by atoms with Crippen molar-refractivity contribution in [3.63, 3.8) is 0 Å². The van der Waals surface area contributed by atoms with Gasteiger partial charge in [-0.05, 0) is 57.0 Å². The van der Waals surface area contributed by atoms with E-state index in [4.69, 9.17) is 21.3 Å². The van der Waals surface area contributed by atoms with Crippen molar-refractivity contribution < 1.29 is 28.7 Å². The molecular weight excluding hydrogens is 726 g/mol. The second-order valence-electron chi connectivity index (χ2n) is 12.5. The standard InChI is InChI=1S/C36H34ClN7O6S2/c1-18-19(2)52-36-29(18)31(21-7-9-22(37)10-8-21)39-24(32-42-41-20(3)43(32)36)17-28(46)38-13-14-50-15-16-51-26-6-4-5-23-30(26)35(49)44(34(23)48)25-11-12-27(45)40-33(25)47/h4-10,24-25H,11-17H2,1-3H3,(H,38,46)(H,40,45,47)/t24-,25?/m0/s1. The van der Waals surface area contributed by atoms with Gasteiger partial charge in [0.05, 0.1) is 36.5 Å². The Labute approximate surface area is 312 Å². The fourth-order valence-corrected chi connectivity index (χ4v) is 8.84. The molecule has 52 heavy (non-hydrogen) atoms. The predicted molar refractivity (Wildman–Crippen MR) is 196 cm³/mol. The zero-order chi connectivity index (χ0) is 36.7. The van der Waals surface area contributed by atoms with Crippen molar-refractivity contribution in [3.8, 4) is 5.00 Å². The summed E-state index contributed by atoms with van der Waals surface area (Å²) in [5.41, 5.74) is 4.25. The van der Waals surface area contributed by atoms with Crippen molar-refractivity contribution in [2.75, 3.05) is 25.5 Å². The first-order chi connectivity index (χ1) is 25.0. The van der Waals surface area contributed by atoms with E-state index < -0.39 is 35.7 Å². The Kier molecular flexibility index (Phi) is 10.1. The Bertz CT molecular complexity index is 2160. The molecule has 4 aromatic rings. The van der Waals surface area contributed by atoms with Crippen LogP contribution in [0.5, 0.6) is 0 Å². The summed E-state index contributed by atoms with van der Waals surface area (Å²) < 4.78 is 7.78. The first kappa shape index (κ1) is 35.7. The van der Waals surface area contributed by atoms with Gasteiger partial charge in [0.25, 0.3) is 11.8 Å². The van der Waals surface area contributed by atoms with Crippen LogP contribution < -0.4 is 10.6 Å². The molecule has 1 fully saturated rings. The van der Waals surface area contributed by atoms with Gasteiger partial charge in [-0.25, -0.2) is 0 Å². The number of carbonyl (C=O) groups is 5. The van der Waals surface area contributed by atoms with Gasteiger partial charge in [0.2, 0.25) is 17.7 Å². The number of nitrogens with one attached hydrogen (secondary N) is 2. The lowest BCUT2D eigenvalue weighted by Gasteiger charge is -2.27. The lowest BCUT2D eigenvalue weighted by Crippen LogP contribution is -2.54. The van der Waals surface area contributed by atoms with Crippen LogP contribution in [-0.2, 0) is 19.1 Å². The Morgan fingerprint density at radius 1 is 1.04 bits per heavy atom. The lowest BCUT2D eigenvalue weighted by atomic mass is 9.99. The highest BCUT2D eigenvalue weighted by Gasteiger charge is 2.45. The molecule has 268 valence electrons. The lowest BCUT2D eigenvalue weighted by molar-refractivity contribution is -0.136. The van der Waals surface area contributed by atoms with Crippen molar-refractivity contribution in [2.45, 2.75) is 57.0 Å². The van der Waals surface area contributed by atoms with Crippen LogP contribution in [0.2, 0.25) is 5.02 Å². The quantitative estimate of drug-likeness (QED) is 0.127. The predicted octanol–water partition coefficient (Wildman–Crippen LogP) is 4.52. The molecule has 1 unspecified atom stereocenters. The van der Waals surface area contributed by atoms with Crippen LogP contribution in [-0.4, -0.2) is 86.5 Å². The molecule has 3 aliphatic heterocycles. The molecule has 0 spiro atoms. The minimum Gasteiger partial charge on any atom is -0.379 e. The Morgan fingerprint density at radius 3 is 2.60 bits per heavy atom. The van der Waals surface area contributed by atoms with Crippen LogP contribution >= 0.6 is 34.7 Å². The van der Waals surface area contributed by atoms with E-state index in [2.05, 4.69) is 34.7 Å². The Hall–Kier alpha value is -4.70. The summed E-state index contributed by atoms with van der Waals surface area (Å²) in [6.07, 6.45) is 0.207. The fourth-order valence-electron chi connectivity index (χ4n) is 6.56. The number of halogens is 1. The molecule has 2 N–H and O–H groups in total. The van der Waals surface area contributed by atoms with Crippen LogP contribution in [0.4, 0.5) is 0 Å². The molecule has 0 saturated carbocycles. The van der Waals surface area contributed by atoms with Gasteiger partial charge in [-0.3, -0.25) is 43.7 Å². The number of amides is 5. The third-order valence-electron chi connectivity index (χ3n) is 9.22. The molecule has 0 bridgehead atoms. The molecule has 13 nitrogen and oxygen atoms in total. The van der Waals surface area contributed by atoms with E-state index in [1.807, 2.05) is 35.8 Å². The number of hydrogen-bond donors (Lipinski definition) is 2. The number of aryl methyl sites for hydroxylation is 2. The molecule has 0 aliphatic carbocycles. The average Bonchev–Trinajstić information content (AvgIpc) is 3.69. The first-order valence-electron chi connectivity index (χ1n) is 16.7. The van der Waals surface area contributed by atoms with Gasteiger partial charge in [0, 0.05) is 44.6 Å². The van der Waals surface area contributed by atoms with Crippen molar-refractivity contribution >= 4 is 69.9 Å². The molecule has 5 amide bonds. The summed E-state index contributed by atoms with van der Waals surface area (Å²) in [5.74, 6) is -0.585. The van der Waals surface area contributed by atoms with Crippen molar-refractivity contribution in [1.29, 1.82) is 0 Å². The molecule has 3 aliphatic rings. The molecule has 1 saturated heterocycles. The van der Waals surface area contributed by atoms with E-state index in [9.17, 15) is 24.0 Å². The number of rotatable bonds is 11. The maximum absolute atomic E-state index is 13.3. The number of imide groups is 2. The average molecular weight is 760 g/mol. The van der Waals surface area contributed by atoms with E-state index in [0.29, 0.717) is 33.9 Å². The molecule has 5 heterocycles. The second-order valence-corrected chi connectivity index (χ2v) is 15.3. The number of thiophene rings is 1. The van der Waals surface area contributed by atoms with Gasteiger partial charge in [-0.1, -0.05) is 29.8 Å². The normalized spacial score (nSPS) is 18.1. The van der Waals surface area contributed by atoms with Crippen LogP contribution in [0, 0.1) is 20.8 Å². The molecule has 7 rings (SSSR count).